The van der Waals surface area contributed by atoms with E-state index in [1.54, 1.807) is 0 Å². The van der Waals surface area contributed by atoms with Crippen molar-refractivity contribution in [1.82, 2.24) is 9.80 Å². The Labute approximate surface area is 101 Å². The molecule has 1 aliphatic rings. The highest BCUT2D eigenvalue weighted by Crippen LogP contribution is 2.21. The SMILES string of the molecule is CCCCC1N(CCC)C=CN1CCCC. The molecule has 0 aromatic carbocycles. The van der Waals surface area contributed by atoms with Crippen LogP contribution in [0.15, 0.2) is 12.4 Å². The number of rotatable bonds is 8. The third-order valence-electron chi connectivity index (χ3n) is 3.28. The summed E-state index contributed by atoms with van der Waals surface area (Å²) >= 11 is 0. The van der Waals surface area contributed by atoms with Gasteiger partial charge in [-0.25, -0.2) is 0 Å². The van der Waals surface area contributed by atoms with E-state index in [4.69, 9.17) is 0 Å². The van der Waals surface area contributed by atoms with E-state index >= 15 is 0 Å². The van der Waals surface area contributed by atoms with Crippen molar-refractivity contribution in [2.45, 2.75) is 65.5 Å². The zero-order valence-electron chi connectivity index (χ0n) is 11.3. The van der Waals surface area contributed by atoms with Crippen molar-refractivity contribution >= 4 is 0 Å². The predicted octanol–water partition coefficient (Wildman–Crippen LogP) is 3.80. The highest BCUT2D eigenvalue weighted by atomic mass is 15.4. The minimum atomic E-state index is 0.645. The molecule has 1 heterocycles. The first-order valence-corrected chi connectivity index (χ1v) is 7.03. The van der Waals surface area contributed by atoms with E-state index in [-0.39, 0.29) is 0 Å². The van der Waals surface area contributed by atoms with Crippen molar-refractivity contribution in [3.05, 3.63) is 12.4 Å². The average Bonchev–Trinajstić information content (AvgIpc) is 2.67. The molecule has 0 aliphatic carbocycles. The van der Waals surface area contributed by atoms with E-state index in [0.717, 1.165) is 0 Å². The minimum absolute atomic E-state index is 0.645. The lowest BCUT2D eigenvalue weighted by Gasteiger charge is -2.32. The fourth-order valence-corrected chi connectivity index (χ4v) is 2.32. The molecule has 1 rings (SSSR count). The largest absolute Gasteiger partial charge is 0.356 e. The van der Waals surface area contributed by atoms with Gasteiger partial charge in [-0.1, -0.05) is 33.6 Å². The van der Waals surface area contributed by atoms with Crippen molar-refractivity contribution in [2.75, 3.05) is 13.1 Å². The first kappa shape index (κ1) is 13.4. The van der Waals surface area contributed by atoms with E-state index in [1.807, 2.05) is 0 Å². The molecule has 0 aromatic heterocycles. The van der Waals surface area contributed by atoms with Crippen molar-refractivity contribution in [3.8, 4) is 0 Å². The van der Waals surface area contributed by atoms with Crippen LogP contribution < -0.4 is 0 Å². The summed E-state index contributed by atoms with van der Waals surface area (Å²) in [5.41, 5.74) is 0. The van der Waals surface area contributed by atoms with E-state index in [1.165, 1.54) is 51.6 Å². The molecule has 0 saturated carbocycles. The summed E-state index contributed by atoms with van der Waals surface area (Å²) in [6.45, 7) is 9.24. The van der Waals surface area contributed by atoms with E-state index in [9.17, 15) is 0 Å². The van der Waals surface area contributed by atoms with Crippen LogP contribution in [0.5, 0.6) is 0 Å². The maximum atomic E-state index is 2.54. The van der Waals surface area contributed by atoms with Gasteiger partial charge < -0.3 is 9.80 Å². The number of hydrogen-bond acceptors (Lipinski definition) is 2. The van der Waals surface area contributed by atoms with Crippen LogP contribution >= 0.6 is 0 Å². The first-order valence-electron chi connectivity index (χ1n) is 7.03. The summed E-state index contributed by atoms with van der Waals surface area (Å²) in [6, 6.07) is 0. The second-order valence-electron chi connectivity index (χ2n) is 4.75. The quantitative estimate of drug-likeness (QED) is 0.619. The van der Waals surface area contributed by atoms with E-state index in [0.29, 0.717) is 6.17 Å². The van der Waals surface area contributed by atoms with Gasteiger partial charge in [0.1, 0.15) is 6.17 Å². The summed E-state index contributed by atoms with van der Waals surface area (Å²) in [5.74, 6) is 0. The van der Waals surface area contributed by atoms with Crippen LogP contribution in [0.25, 0.3) is 0 Å². The second kappa shape index (κ2) is 7.59. The monoisotopic (exact) mass is 224 g/mol. The molecule has 1 aliphatic heterocycles. The molecule has 0 fully saturated rings. The maximum absolute atomic E-state index is 2.54. The van der Waals surface area contributed by atoms with Crippen LogP contribution in [0.4, 0.5) is 0 Å². The summed E-state index contributed by atoms with van der Waals surface area (Å²) in [4.78, 5) is 5.06. The Morgan fingerprint density at radius 3 is 2.00 bits per heavy atom. The standard InChI is InChI=1S/C14H28N2/c1-4-7-9-14-15(10-6-3)12-13-16(14)11-8-5-2/h12-14H,4-11H2,1-3H3. The van der Waals surface area contributed by atoms with Crippen molar-refractivity contribution in [3.63, 3.8) is 0 Å². The zero-order valence-corrected chi connectivity index (χ0v) is 11.3. The third-order valence-corrected chi connectivity index (χ3v) is 3.28. The Kier molecular flexibility index (Phi) is 6.36. The second-order valence-corrected chi connectivity index (χ2v) is 4.75. The molecule has 16 heavy (non-hydrogen) atoms. The normalized spacial score (nSPS) is 19.8. The molecule has 94 valence electrons. The third kappa shape index (κ3) is 3.73. The maximum Gasteiger partial charge on any atom is 0.101 e. The lowest BCUT2D eigenvalue weighted by molar-refractivity contribution is 0.139. The van der Waals surface area contributed by atoms with Gasteiger partial charge in [0, 0.05) is 25.5 Å². The van der Waals surface area contributed by atoms with Gasteiger partial charge >= 0.3 is 0 Å². The number of hydrogen-bond donors (Lipinski definition) is 0. The Morgan fingerprint density at radius 2 is 1.44 bits per heavy atom. The summed E-state index contributed by atoms with van der Waals surface area (Å²) in [5, 5.41) is 0. The van der Waals surface area contributed by atoms with Crippen LogP contribution in [0, 0.1) is 0 Å². The number of unbranched alkanes of at least 4 members (excludes halogenated alkanes) is 2. The molecule has 0 radical (unpaired) electrons. The highest BCUT2D eigenvalue weighted by Gasteiger charge is 2.24. The lowest BCUT2D eigenvalue weighted by atomic mass is 10.2. The Bertz CT molecular complexity index is 201. The molecule has 0 saturated heterocycles. The summed E-state index contributed by atoms with van der Waals surface area (Å²) < 4.78 is 0. The molecular weight excluding hydrogens is 196 g/mol. The summed E-state index contributed by atoms with van der Waals surface area (Å²) in [6.07, 6.45) is 13.0. The molecule has 0 bridgehead atoms. The van der Waals surface area contributed by atoms with E-state index in [2.05, 4.69) is 43.0 Å². The van der Waals surface area contributed by atoms with Crippen LogP contribution in [-0.4, -0.2) is 29.1 Å². The van der Waals surface area contributed by atoms with Gasteiger partial charge in [0.2, 0.25) is 0 Å². The predicted molar refractivity (Wildman–Crippen MR) is 71.1 cm³/mol. The molecule has 0 N–H and O–H groups in total. The molecule has 1 unspecified atom stereocenters. The number of nitrogens with zero attached hydrogens (tertiary/aromatic N) is 2. The molecule has 2 heteroatoms. The smallest absolute Gasteiger partial charge is 0.101 e. The Hall–Kier alpha value is -0.660. The summed E-state index contributed by atoms with van der Waals surface area (Å²) in [7, 11) is 0. The van der Waals surface area contributed by atoms with Gasteiger partial charge in [0.15, 0.2) is 0 Å². The Balaban J connectivity index is 2.45. The molecule has 0 spiro atoms. The van der Waals surface area contributed by atoms with Gasteiger partial charge in [0.25, 0.3) is 0 Å². The molecule has 0 aromatic rings. The first-order chi connectivity index (χ1) is 7.83. The van der Waals surface area contributed by atoms with Crippen LogP contribution in [0.1, 0.15) is 59.3 Å². The molecule has 2 nitrogen and oxygen atoms in total. The fourth-order valence-electron chi connectivity index (χ4n) is 2.32. The van der Waals surface area contributed by atoms with Gasteiger partial charge in [0.05, 0.1) is 0 Å². The average molecular weight is 224 g/mol. The fraction of sp³-hybridized carbons (Fsp3) is 0.857. The zero-order chi connectivity index (χ0) is 11.8. The van der Waals surface area contributed by atoms with Gasteiger partial charge in [-0.15, -0.1) is 0 Å². The molecule has 0 amide bonds. The minimum Gasteiger partial charge on any atom is -0.356 e. The van der Waals surface area contributed by atoms with Crippen LogP contribution in [0.2, 0.25) is 0 Å². The Morgan fingerprint density at radius 1 is 0.812 bits per heavy atom. The van der Waals surface area contributed by atoms with Gasteiger partial charge in [-0.3, -0.25) is 0 Å². The lowest BCUT2D eigenvalue weighted by Crippen LogP contribution is -2.39. The van der Waals surface area contributed by atoms with Gasteiger partial charge in [-0.2, -0.15) is 0 Å². The van der Waals surface area contributed by atoms with E-state index < -0.39 is 0 Å². The highest BCUT2D eigenvalue weighted by molar-refractivity contribution is 4.96. The van der Waals surface area contributed by atoms with Crippen LogP contribution in [0.3, 0.4) is 0 Å². The van der Waals surface area contributed by atoms with Crippen LogP contribution in [-0.2, 0) is 0 Å². The van der Waals surface area contributed by atoms with Crippen molar-refractivity contribution in [2.24, 2.45) is 0 Å². The molecule has 1 atom stereocenters. The van der Waals surface area contributed by atoms with Gasteiger partial charge in [-0.05, 0) is 25.7 Å². The van der Waals surface area contributed by atoms with Crippen molar-refractivity contribution < 1.29 is 0 Å². The topological polar surface area (TPSA) is 6.48 Å². The molecular formula is C14H28N2. The van der Waals surface area contributed by atoms with Crippen molar-refractivity contribution in [1.29, 1.82) is 0 Å².